The number of nitrogens with zero attached hydrogens (tertiary/aromatic N) is 2. The van der Waals surface area contributed by atoms with Crippen molar-refractivity contribution in [2.24, 2.45) is 11.1 Å². The van der Waals surface area contributed by atoms with E-state index in [1.165, 1.54) is 42.4 Å². The standard InChI is InChI=1S/C30H34N2O4/c33-23-11-10-20-16-25-30(34)13-12-22(31-36-24-7-3-5-19-4-1-2-6-21(19)24)28-29(30,26(20)27(23)35-28)14-15-32(25)17-18-8-9-18/h3,5,7,10-11,18,25,28,33-34H,1-2,4,6,8-9,12-17H2/b31-22+/t25-,28+,29+,30-/m1/s1. The van der Waals surface area contributed by atoms with Gasteiger partial charge in [0.2, 0.25) is 0 Å². The smallest absolute Gasteiger partial charge is 0.166 e. The van der Waals surface area contributed by atoms with Gasteiger partial charge in [0.15, 0.2) is 23.4 Å². The number of aromatic hydroxyl groups is 1. The number of piperidine rings is 1. The van der Waals surface area contributed by atoms with E-state index in [0.717, 1.165) is 61.7 Å². The number of likely N-dealkylation sites (tertiary alicyclic amines) is 1. The minimum atomic E-state index is -0.901. The Morgan fingerprint density at radius 3 is 2.83 bits per heavy atom. The molecule has 188 valence electrons. The van der Waals surface area contributed by atoms with Crippen LogP contribution < -0.4 is 9.57 Å². The average Bonchev–Trinajstić information content (AvgIpc) is 3.63. The van der Waals surface area contributed by atoms with E-state index in [2.05, 4.69) is 17.0 Å². The van der Waals surface area contributed by atoms with Crippen LogP contribution in [0.5, 0.6) is 17.2 Å². The number of phenolic OH excluding ortho intramolecular Hbond substituents is 1. The molecule has 6 heteroatoms. The van der Waals surface area contributed by atoms with Crippen molar-refractivity contribution in [1.82, 2.24) is 4.90 Å². The third-order valence-corrected chi connectivity index (χ3v) is 10.2. The van der Waals surface area contributed by atoms with Gasteiger partial charge in [-0.3, -0.25) is 4.90 Å². The summed E-state index contributed by atoms with van der Waals surface area (Å²) in [5.74, 6) is 2.34. The van der Waals surface area contributed by atoms with Crippen LogP contribution in [-0.2, 0) is 24.7 Å². The molecule has 2 aromatic rings. The summed E-state index contributed by atoms with van der Waals surface area (Å²) in [5, 5.41) is 28.1. The lowest BCUT2D eigenvalue weighted by Gasteiger charge is -2.63. The molecule has 2 bridgehead atoms. The lowest BCUT2D eigenvalue weighted by atomic mass is 9.49. The summed E-state index contributed by atoms with van der Waals surface area (Å²) in [5.41, 5.74) is 4.25. The highest BCUT2D eigenvalue weighted by Gasteiger charge is 2.72. The van der Waals surface area contributed by atoms with Gasteiger partial charge in [0.05, 0.1) is 16.7 Å². The molecule has 6 nitrogen and oxygen atoms in total. The largest absolute Gasteiger partial charge is 0.504 e. The first kappa shape index (κ1) is 21.5. The first-order valence-electron chi connectivity index (χ1n) is 13.9. The molecule has 2 saturated carbocycles. The van der Waals surface area contributed by atoms with Crippen LogP contribution in [0, 0.1) is 5.92 Å². The Hall–Kier alpha value is -2.57. The van der Waals surface area contributed by atoms with Crippen molar-refractivity contribution in [2.75, 3.05) is 13.1 Å². The number of aliphatic hydroxyl groups is 1. The van der Waals surface area contributed by atoms with Gasteiger partial charge in [-0.2, -0.15) is 0 Å². The fraction of sp³-hybridized carbons (Fsp3) is 0.567. The van der Waals surface area contributed by atoms with E-state index in [-0.39, 0.29) is 11.8 Å². The summed E-state index contributed by atoms with van der Waals surface area (Å²) in [6.45, 7) is 2.02. The molecule has 0 radical (unpaired) electrons. The summed E-state index contributed by atoms with van der Waals surface area (Å²) in [6.07, 6.45) is 9.63. The number of hydrogen-bond acceptors (Lipinski definition) is 6. The van der Waals surface area contributed by atoms with Crippen LogP contribution in [0.3, 0.4) is 0 Å². The van der Waals surface area contributed by atoms with E-state index in [4.69, 9.17) is 14.7 Å². The Kier molecular flexibility index (Phi) is 4.47. The molecule has 0 aromatic heterocycles. The molecule has 1 spiro atoms. The molecule has 6 aliphatic rings. The van der Waals surface area contributed by atoms with Crippen molar-refractivity contribution in [2.45, 2.75) is 87.4 Å². The number of aryl methyl sites for hydroxylation is 1. The Labute approximate surface area is 211 Å². The van der Waals surface area contributed by atoms with Gasteiger partial charge in [-0.25, -0.2) is 0 Å². The molecule has 4 aliphatic carbocycles. The summed E-state index contributed by atoms with van der Waals surface area (Å²) in [7, 11) is 0. The van der Waals surface area contributed by atoms with E-state index >= 15 is 0 Å². The van der Waals surface area contributed by atoms with Crippen molar-refractivity contribution >= 4 is 5.71 Å². The maximum atomic E-state index is 12.6. The predicted molar refractivity (Wildman–Crippen MR) is 136 cm³/mol. The van der Waals surface area contributed by atoms with Crippen LogP contribution in [-0.4, -0.2) is 51.7 Å². The van der Waals surface area contributed by atoms with Crippen molar-refractivity contribution in [3.05, 3.63) is 52.6 Å². The van der Waals surface area contributed by atoms with E-state index in [0.29, 0.717) is 18.6 Å². The van der Waals surface area contributed by atoms with Crippen LogP contribution in [0.4, 0.5) is 0 Å². The van der Waals surface area contributed by atoms with Gasteiger partial charge in [0, 0.05) is 23.7 Å². The molecule has 2 N–H and O–H groups in total. The number of phenols is 1. The molecule has 8 rings (SSSR count). The zero-order chi connectivity index (χ0) is 24.1. The molecule has 1 saturated heterocycles. The van der Waals surface area contributed by atoms with E-state index in [1.807, 2.05) is 12.1 Å². The number of oxime groups is 1. The molecular weight excluding hydrogens is 452 g/mol. The van der Waals surface area contributed by atoms with Gasteiger partial charge in [-0.05, 0) is 99.9 Å². The number of ether oxygens (including phenoxy) is 1. The summed E-state index contributed by atoms with van der Waals surface area (Å²) < 4.78 is 6.58. The molecule has 0 amide bonds. The lowest BCUT2D eigenvalue weighted by Crippen LogP contribution is -2.76. The minimum Gasteiger partial charge on any atom is -0.504 e. The summed E-state index contributed by atoms with van der Waals surface area (Å²) in [4.78, 5) is 8.73. The molecular formula is C30H34N2O4. The third kappa shape index (κ3) is 2.77. The maximum Gasteiger partial charge on any atom is 0.166 e. The van der Waals surface area contributed by atoms with Crippen LogP contribution in [0.25, 0.3) is 0 Å². The molecule has 2 aromatic carbocycles. The second-order valence-corrected chi connectivity index (χ2v) is 12.0. The molecule has 0 unspecified atom stereocenters. The topological polar surface area (TPSA) is 74.5 Å². The minimum absolute atomic E-state index is 0.0737. The van der Waals surface area contributed by atoms with Crippen LogP contribution >= 0.6 is 0 Å². The zero-order valence-electron chi connectivity index (χ0n) is 20.7. The fourth-order valence-electron chi connectivity index (χ4n) is 8.31. The van der Waals surface area contributed by atoms with Crippen molar-refractivity contribution < 1.29 is 19.8 Å². The zero-order valence-corrected chi connectivity index (χ0v) is 20.7. The van der Waals surface area contributed by atoms with Crippen LogP contribution in [0.15, 0.2) is 35.5 Å². The molecule has 4 atom stereocenters. The molecule has 36 heavy (non-hydrogen) atoms. The highest BCUT2D eigenvalue weighted by Crippen LogP contribution is 2.65. The Morgan fingerprint density at radius 1 is 1.06 bits per heavy atom. The maximum absolute atomic E-state index is 12.6. The quantitative estimate of drug-likeness (QED) is 0.632. The highest BCUT2D eigenvalue weighted by molar-refractivity contribution is 5.94. The van der Waals surface area contributed by atoms with E-state index in [9.17, 15) is 10.2 Å². The lowest BCUT2D eigenvalue weighted by molar-refractivity contribution is -0.167. The van der Waals surface area contributed by atoms with Gasteiger partial charge in [-0.1, -0.05) is 23.4 Å². The summed E-state index contributed by atoms with van der Waals surface area (Å²) >= 11 is 0. The number of hydrogen-bond donors (Lipinski definition) is 2. The van der Waals surface area contributed by atoms with Gasteiger partial charge in [0.25, 0.3) is 0 Å². The molecule has 2 aliphatic heterocycles. The van der Waals surface area contributed by atoms with Gasteiger partial charge >= 0.3 is 0 Å². The number of fused-ring (bicyclic) bond motifs is 1. The van der Waals surface area contributed by atoms with Crippen molar-refractivity contribution in [3.8, 4) is 17.2 Å². The second kappa shape index (κ2) is 7.48. The second-order valence-electron chi connectivity index (χ2n) is 12.0. The average molecular weight is 487 g/mol. The molecule has 3 fully saturated rings. The van der Waals surface area contributed by atoms with Crippen LogP contribution in [0.1, 0.15) is 67.2 Å². The first-order valence-corrected chi connectivity index (χ1v) is 13.9. The molecule has 2 heterocycles. The fourth-order valence-corrected chi connectivity index (χ4v) is 8.31. The number of benzene rings is 2. The highest BCUT2D eigenvalue weighted by atomic mass is 16.6. The van der Waals surface area contributed by atoms with Crippen molar-refractivity contribution in [3.63, 3.8) is 0 Å². The first-order chi connectivity index (χ1) is 17.6. The van der Waals surface area contributed by atoms with E-state index in [1.54, 1.807) is 6.07 Å². The summed E-state index contributed by atoms with van der Waals surface area (Å²) in [6, 6.07) is 10.2. The van der Waals surface area contributed by atoms with E-state index < -0.39 is 17.1 Å². The van der Waals surface area contributed by atoms with Crippen molar-refractivity contribution in [1.29, 1.82) is 0 Å². The van der Waals surface area contributed by atoms with Crippen LogP contribution in [0.2, 0.25) is 0 Å². The Balaban J connectivity index is 1.21. The Bertz CT molecular complexity index is 1290. The van der Waals surface area contributed by atoms with Gasteiger partial charge in [0.1, 0.15) is 0 Å². The Morgan fingerprint density at radius 2 is 1.94 bits per heavy atom. The third-order valence-electron chi connectivity index (χ3n) is 10.2. The monoisotopic (exact) mass is 486 g/mol. The SMILES string of the molecule is Oc1ccc2c3c1O[C@H]1/C(=N/Oc4cccc5c4CCCC5)CC[C@@]4(O)[C@@H](C2)N(CC2CC2)CC[C@]314. The number of rotatable bonds is 4. The normalized spacial score (nSPS) is 35.2. The van der Waals surface area contributed by atoms with Gasteiger partial charge < -0.3 is 19.8 Å². The van der Waals surface area contributed by atoms with Gasteiger partial charge in [-0.15, -0.1) is 0 Å². The predicted octanol–water partition coefficient (Wildman–Crippen LogP) is 4.27.